The monoisotopic (exact) mass is 459 g/mol. The number of likely N-dealkylation sites (tertiary alicyclic amines) is 1. The first-order valence-corrected chi connectivity index (χ1v) is 10.9. The molecule has 0 unspecified atom stereocenters. The fourth-order valence-electron chi connectivity index (χ4n) is 3.92. The lowest BCUT2D eigenvalue weighted by atomic mass is 9.95. The number of rotatable bonds is 9. The maximum atomic E-state index is 13.2. The fraction of sp³-hybridized carbons (Fsp3) is 0.185. The molecule has 0 saturated carbocycles. The number of nitrogens with zero attached hydrogens (tertiary/aromatic N) is 1. The van der Waals surface area contributed by atoms with E-state index in [1.165, 1.54) is 11.2 Å². The van der Waals surface area contributed by atoms with Crippen molar-refractivity contribution in [1.29, 1.82) is 0 Å². The lowest BCUT2D eigenvalue weighted by Crippen LogP contribution is -2.29. The molecule has 7 nitrogen and oxygen atoms in total. The van der Waals surface area contributed by atoms with Crippen LogP contribution in [0.15, 0.2) is 89.6 Å². The van der Waals surface area contributed by atoms with E-state index in [2.05, 4.69) is 6.58 Å². The van der Waals surface area contributed by atoms with Gasteiger partial charge in [-0.15, -0.1) is 0 Å². The summed E-state index contributed by atoms with van der Waals surface area (Å²) in [4.78, 5) is 27.6. The quantitative estimate of drug-likeness (QED) is 0.213. The number of furan rings is 1. The third-order valence-electron chi connectivity index (χ3n) is 5.43. The van der Waals surface area contributed by atoms with Crippen LogP contribution in [-0.2, 0) is 16.1 Å². The van der Waals surface area contributed by atoms with Crippen LogP contribution in [-0.4, -0.2) is 34.9 Å². The number of amides is 1. The van der Waals surface area contributed by atoms with Crippen molar-refractivity contribution < 1.29 is 28.6 Å². The Labute approximate surface area is 197 Å². The van der Waals surface area contributed by atoms with Gasteiger partial charge < -0.3 is 23.9 Å². The molecule has 0 bridgehead atoms. The van der Waals surface area contributed by atoms with Gasteiger partial charge in [0.1, 0.15) is 29.6 Å². The van der Waals surface area contributed by atoms with Crippen molar-refractivity contribution in [2.75, 3.05) is 13.2 Å². The topological polar surface area (TPSA) is 89.2 Å². The molecule has 1 atom stereocenters. The summed E-state index contributed by atoms with van der Waals surface area (Å²) in [6.07, 6.45) is 3.13. The van der Waals surface area contributed by atoms with Crippen LogP contribution in [0.5, 0.6) is 11.5 Å². The van der Waals surface area contributed by atoms with Crippen molar-refractivity contribution in [2.45, 2.75) is 19.5 Å². The largest absolute Gasteiger partial charge is 0.507 e. The molecule has 1 aliphatic rings. The molecule has 174 valence electrons. The third-order valence-corrected chi connectivity index (χ3v) is 5.43. The zero-order valence-corrected chi connectivity index (χ0v) is 18.8. The van der Waals surface area contributed by atoms with Crippen LogP contribution in [0.25, 0.3) is 5.76 Å². The van der Waals surface area contributed by atoms with E-state index in [1.54, 1.807) is 66.7 Å². The van der Waals surface area contributed by atoms with Crippen molar-refractivity contribution in [3.8, 4) is 11.5 Å². The van der Waals surface area contributed by atoms with Crippen LogP contribution in [0.4, 0.5) is 0 Å². The smallest absolute Gasteiger partial charge is 0.296 e. The molecule has 1 N–H and O–H groups in total. The molecule has 0 spiro atoms. The highest BCUT2D eigenvalue weighted by molar-refractivity contribution is 6.46. The van der Waals surface area contributed by atoms with Gasteiger partial charge >= 0.3 is 0 Å². The van der Waals surface area contributed by atoms with E-state index in [0.29, 0.717) is 41.6 Å². The predicted octanol–water partition coefficient (Wildman–Crippen LogP) is 4.87. The van der Waals surface area contributed by atoms with Crippen molar-refractivity contribution in [3.05, 3.63) is 102 Å². The normalized spacial score (nSPS) is 17.1. The molecule has 1 fully saturated rings. The number of ether oxygens (including phenoxy) is 2. The van der Waals surface area contributed by atoms with E-state index in [9.17, 15) is 14.7 Å². The maximum absolute atomic E-state index is 13.2. The van der Waals surface area contributed by atoms with Crippen molar-refractivity contribution in [3.63, 3.8) is 0 Å². The number of ketones is 1. The molecule has 0 radical (unpaired) electrons. The molecule has 2 heterocycles. The van der Waals surface area contributed by atoms with Gasteiger partial charge in [0.05, 0.1) is 31.0 Å². The number of aliphatic hydroxyl groups excluding tert-OH is 1. The molecule has 1 aromatic heterocycles. The number of carbonyl (C=O) groups excluding carboxylic acids is 2. The summed E-state index contributed by atoms with van der Waals surface area (Å²) in [6, 6.07) is 16.4. The molecule has 2 aromatic carbocycles. The Morgan fingerprint density at radius 3 is 2.56 bits per heavy atom. The Morgan fingerprint density at radius 1 is 1.09 bits per heavy atom. The van der Waals surface area contributed by atoms with Crippen molar-refractivity contribution in [1.82, 2.24) is 4.90 Å². The summed E-state index contributed by atoms with van der Waals surface area (Å²) >= 11 is 0. The Balaban J connectivity index is 1.81. The Kier molecular flexibility index (Phi) is 6.82. The van der Waals surface area contributed by atoms with E-state index >= 15 is 0 Å². The number of aliphatic hydroxyl groups is 1. The van der Waals surface area contributed by atoms with E-state index in [0.717, 1.165) is 0 Å². The second-order valence-electron chi connectivity index (χ2n) is 7.64. The summed E-state index contributed by atoms with van der Waals surface area (Å²) in [7, 11) is 0. The maximum Gasteiger partial charge on any atom is 0.296 e. The minimum atomic E-state index is -0.830. The van der Waals surface area contributed by atoms with Crippen LogP contribution in [0.3, 0.4) is 0 Å². The van der Waals surface area contributed by atoms with Gasteiger partial charge in [0.25, 0.3) is 11.7 Å². The molecule has 4 rings (SSSR count). The van der Waals surface area contributed by atoms with Gasteiger partial charge in [-0.1, -0.05) is 24.8 Å². The minimum Gasteiger partial charge on any atom is -0.507 e. The first-order valence-electron chi connectivity index (χ1n) is 10.9. The Hall–Kier alpha value is -4.26. The summed E-state index contributed by atoms with van der Waals surface area (Å²) in [6.45, 7) is 6.41. The SMILES string of the molecule is C=CCOc1cccc([C@H]2C(=C(O)c3ccc(OCC)cc3)C(=O)C(=O)N2Cc2ccco2)c1. The minimum absolute atomic E-state index is 0.00147. The number of hydrogen-bond donors (Lipinski definition) is 1. The van der Waals surface area contributed by atoms with Crippen molar-refractivity contribution >= 4 is 17.4 Å². The fourth-order valence-corrected chi connectivity index (χ4v) is 3.92. The summed E-state index contributed by atoms with van der Waals surface area (Å²) in [5, 5.41) is 11.2. The van der Waals surface area contributed by atoms with Crippen LogP contribution < -0.4 is 9.47 Å². The third kappa shape index (κ3) is 4.59. The molecule has 1 aliphatic heterocycles. The Bertz CT molecular complexity index is 1210. The van der Waals surface area contributed by atoms with Gasteiger partial charge in [-0.2, -0.15) is 0 Å². The summed E-state index contributed by atoms with van der Waals surface area (Å²) in [5.74, 6) is -0.0209. The lowest BCUT2D eigenvalue weighted by Gasteiger charge is -2.25. The Morgan fingerprint density at radius 2 is 1.88 bits per heavy atom. The van der Waals surface area contributed by atoms with E-state index in [-0.39, 0.29) is 17.9 Å². The van der Waals surface area contributed by atoms with Gasteiger partial charge in [-0.05, 0) is 61.0 Å². The standard InChI is InChI=1S/C27H25NO6/c1-3-14-33-21-8-5-7-19(16-21)24-23(25(29)18-10-12-20(13-11-18)32-4-2)26(30)27(31)28(24)17-22-9-6-15-34-22/h3,5-13,15-16,24,29H,1,4,14,17H2,2H3/t24-/m0/s1. The first-order chi connectivity index (χ1) is 16.5. The average Bonchev–Trinajstić information content (AvgIpc) is 3.45. The van der Waals surface area contributed by atoms with E-state index in [4.69, 9.17) is 13.9 Å². The number of benzene rings is 2. The van der Waals surface area contributed by atoms with Gasteiger partial charge in [0.2, 0.25) is 0 Å². The summed E-state index contributed by atoms with van der Waals surface area (Å²) in [5.41, 5.74) is 1.03. The highest BCUT2D eigenvalue weighted by atomic mass is 16.5. The van der Waals surface area contributed by atoms with Crippen LogP contribution in [0.2, 0.25) is 0 Å². The zero-order chi connectivity index (χ0) is 24.1. The lowest BCUT2D eigenvalue weighted by molar-refractivity contribution is -0.140. The second kappa shape index (κ2) is 10.1. The van der Waals surface area contributed by atoms with Gasteiger partial charge in [-0.3, -0.25) is 9.59 Å². The molecule has 7 heteroatoms. The van der Waals surface area contributed by atoms with Gasteiger partial charge in [0.15, 0.2) is 0 Å². The van der Waals surface area contributed by atoms with Gasteiger partial charge in [-0.25, -0.2) is 0 Å². The second-order valence-corrected chi connectivity index (χ2v) is 7.64. The number of Topliss-reactive ketones (excluding diaryl/α,β-unsaturated/α-hetero) is 1. The zero-order valence-electron chi connectivity index (χ0n) is 18.8. The predicted molar refractivity (Wildman–Crippen MR) is 126 cm³/mol. The van der Waals surface area contributed by atoms with Crippen LogP contribution in [0.1, 0.15) is 29.9 Å². The molecule has 1 saturated heterocycles. The highest BCUT2D eigenvalue weighted by Crippen LogP contribution is 2.41. The molecule has 3 aromatic rings. The number of carbonyl (C=O) groups is 2. The van der Waals surface area contributed by atoms with E-state index < -0.39 is 17.7 Å². The molecule has 34 heavy (non-hydrogen) atoms. The first kappa shape index (κ1) is 22.9. The average molecular weight is 459 g/mol. The summed E-state index contributed by atoms with van der Waals surface area (Å²) < 4.78 is 16.5. The highest BCUT2D eigenvalue weighted by Gasteiger charge is 2.46. The molecular weight excluding hydrogens is 434 g/mol. The van der Waals surface area contributed by atoms with Crippen LogP contribution >= 0.6 is 0 Å². The van der Waals surface area contributed by atoms with Crippen LogP contribution in [0, 0.1) is 0 Å². The molecular formula is C27H25NO6. The van der Waals surface area contributed by atoms with Gasteiger partial charge in [0, 0.05) is 5.56 Å². The molecule has 0 aliphatic carbocycles. The van der Waals surface area contributed by atoms with Crippen molar-refractivity contribution in [2.24, 2.45) is 0 Å². The van der Waals surface area contributed by atoms with E-state index in [1.807, 2.05) is 6.92 Å². The molecule has 1 amide bonds. The number of hydrogen-bond acceptors (Lipinski definition) is 6.